The molecule has 0 aliphatic heterocycles. The molecule has 35 heavy (non-hydrogen) atoms. The second kappa shape index (κ2) is 14.1. The lowest BCUT2D eigenvalue weighted by Gasteiger charge is -2.26. The van der Waals surface area contributed by atoms with Crippen LogP contribution < -0.4 is 21.7 Å². The van der Waals surface area contributed by atoms with E-state index in [0.717, 1.165) is 5.56 Å². The number of carboxylic acid groups (broad SMARTS) is 2. The van der Waals surface area contributed by atoms with Gasteiger partial charge in [0.25, 0.3) is 0 Å². The number of carbonyl (C=O) groups is 5. The molecule has 4 atom stereocenters. The predicted octanol–water partition coefficient (Wildman–Crippen LogP) is 0.272. The van der Waals surface area contributed by atoms with Crippen molar-refractivity contribution in [2.24, 2.45) is 17.6 Å². The van der Waals surface area contributed by atoms with Crippen LogP contribution in [0.2, 0.25) is 0 Å². The number of hydrogen-bond donors (Lipinski definition) is 6. The van der Waals surface area contributed by atoms with Crippen molar-refractivity contribution in [2.45, 2.75) is 71.1 Å². The van der Waals surface area contributed by atoms with Gasteiger partial charge in [0, 0.05) is 0 Å². The van der Waals surface area contributed by atoms with Crippen LogP contribution in [0.15, 0.2) is 30.3 Å². The summed E-state index contributed by atoms with van der Waals surface area (Å²) in [6, 6.07) is 4.14. The molecule has 0 saturated carbocycles. The molecule has 1 rings (SSSR count). The van der Waals surface area contributed by atoms with Crippen molar-refractivity contribution in [3.63, 3.8) is 0 Å². The first-order valence-corrected chi connectivity index (χ1v) is 11.5. The van der Waals surface area contributed by atoms with E-state index in [4.69, 9.17) is 5.73 Å². The molecule has 194 valence electrons. The summed E-state index contributed by atoms with van der Waals surface area (Å²) in [6.07, 6.45) is -0.378. The van der Waals surface area contributed by atoms with E-state index in [-0.39, 0.29) is 18.8 Å². The highest BCUT2D eigenvalue weighted by Crippen LogP contribution is 2.09. The summed E-state index contributed by atoms with van der Waals surface area (Å²) < 4.78 is 0. The zero-order valence-corrected chi connectivity index (χ0v) is 20.5. The van der Waals surface area contributed by atoms with E-state index < -0.39 is 66.2 Å². The maximum atomic E-state index is 12.9. The molecule has 0 fully saturated rings. The SMILES string of the molecule is CC(C)CC(NC(=O)C(CC(=O)O)NC(=O)C(N)Cc1ccccc1)C(=O)NC(C(=O)O)C(C)C. The van der Waals surface area contributed by atoms with Gasteiger partial charge < -0.3 is 31.9 Å². The number of amides is 3. The van der Waals surface area contributed by atoms with E-state index in [1.807, 2.05) is 19.9 Å². The molecule has 0 aromatic heterocycles. The summed E-state index contributed by atoms with van der Waals surface area (Å²) >= 11 is 0. The van der Waals surface area contributed by atoms with E-state index in [9.17, 15) is 34.2 Å². The fraction of sp³-hybridized carbons (Fsp3) is 0.542. The molecule has 11 heteroatoms. The van der Waals surface area contributed by atoms with Crippen molar-refractivity contribution >= 4 is 29.7 Å². The molecule has 1 aromatic carbocycles. The highest BCUT2D eigenvalue weighted by Gasteiger charge is 2.32. The highest BCUT2D eigenvalue weighted by atomic mass is 16.4. The Morgan fingerprint density at radius 3 is 1.86 bits per heavy atom. The number of benzene rings is 1. The largest absolute Gasteiger partial charge is 0.481 e. The van der Waals surface area contributed by atoms with Crippen LogP contribution in [0.4, 0.5) is 0 Å². The van der Waals surface area contributed by atoms with E-state index in [1.165, 1.54) is 0 Å². The maximum absolute atomic E-state index is 12.9. The fourth-order valence-electron chi connectivity index (χ4n) is 3.37. The van der Waals surface area contributed by atoms with Gasteiger partial charge >= 0.3 is 11.9 Å². The maximum Gasteiger partial charge on any atom is 0.326 e. The minimum absolute atomic E-state index is 0.0554. The van der Waals surface area contributed by atoms with Gasteiger partial charge in [0.05, 0.1) is 12.5 Å². The van der Waals surface area contributed by atoms with Crippen molar-refractivity contribution < 1.29 is 34.2 Å². The summed E-state index contributed by atoms with van der Waals surface area (Å²) in [7, 11) is 0. The Labute approximate surface area is 204 Å². The summed E-state index contributed by atoms with van der Waals surface area (Å²) in [5.41, 5.74) is 6.74. The van der Waals surface area contributed by atoms with Gasteiger partial charge in [0.2, 0.25) is 17.7 Å². The molecule has 11 nitrogen and oxygen atoms in total. The number of carboxylic acids is 2. The second-order valence-electron chi connectivity index (χ2n) is 9.21. The fourth-order valence-corrected chi connectivity index (χ4v) is 3.37. The lowest BCUT2D eigenvalue weighted by molar-refractivity contribution is -0.144. The minimum atomic E-state index is -1.48. The molecular formula is C24H36N4O7. The van der Waals surface area contributed by atoms with E-state index in [1.54, 1.807) is 38.1 Å². The van der Waals surface area contributed by atoms with Gasteiger partial charge in [-0.2, -0.15) is 0 Å². The molecule has 0 heterocycles. The molecule has 0 saturated heterocycles. The Kier molecular flexibility index (Phi) is 11.9. The van der Waals surface area contributed by atoms with E-state index >= 15 is 0 Å². The van der Waals surface area contributed by atoms with Crippen LogP contribution >= 0.6 is 0 Å². The number of nitrogens with one attached hydrogen (secondary N) is 3. The average Bonchev–Trinajstić information content (AvgIpc) is 2.75. The van der Waals surface area contributed by atoms with Gasteiger partial charge in [-0.15, -0.1) is 0 Å². The number of hydrogen-bond acceptors (Lipinski definition) is 6. The zero-order chi connectivity index (χ0) is 26.7. The third-order valence-electron chi connectivity index (χ3n) is 5.22. The third kappa shape index (κ3) is 10.6. The van der Waals surface area contributed by atoms with Crippen LogP contribution in [0.3, 0.4) is 0 Å². The standard InChI is InChI=1S/C24H36N4O7/c1-13(2)10-17(23(33)28-20(14(3)4)24(34)35)27-22(32)18(12-19(29)30)26-21(31)16(25)11-15-8-6-5-7-9-15/h5-9,13-14,16-18,20H,10-12,25H2,1-4H3,(H,26,31)(H,27,32)(H,28,33)(H,29,30)(H,34,35). The summed E-state index contributed by atoms with van der Waals surface area (Å²) in [5, 5.41) is 25.8. The zero-order valence-electron chi connectivity index (χ0n) is 20.5. The first kappa shape index (κ1) is 29.6. The first-order chi connectivity index (χ1) is 16.3. The van der Waals surface area contributed by atoms with Crippen molar-refractivity contribution in [2.75, 3.05) is 0 Å². The van der Waals surface area contributed by atoms with Gasteiger partial charge in [-0.3, -0.25) is 19.2 Å². The molecule has 7 N–H and O–H groups in total. The second-order valence-corrected chi connectivity index (χ2v) is 9.21. The van der Waals surface area contributed by atoms with Gasteiger partial charge in [-0.1, -0.05) is 58.0 Å². The predicted molar refractivity (Wildman–Crippen MR) is 128 cm³/mol. The Morgan fingerprint density at radius 2 is 1.37 bits per heavy atom. The molecule has 0 spiro atoms. The topological polar surface area (TPSA) is 188 Å². The van der Waals surface area contributed by atoms with Gasteiger partial charge in [0.1, 0.15) is 18.1 Å². The summed E-state index contributed by atoms with van der Waals surface area (Å²) in [6.45, 7) is 6.88. The summed E-state index contributed by atoms with van der Waals surface area (Å²) in [5.74, 6) is -5.33. The highest BCUT2D eigenvalue weighted by molar-refractivity contribution is 5.95. The Bertz CT molecular complexity index is 889. The molecular weight excluding hydrogens is 456 g/mol. The van der Waals surface area contributed by atoms with Crippen molar-refractivity contribution in [1.29, 1.82) is 0 Å². The van der Waals surface area contributed by atoms with Crippen LogP contribution in [0.25, 0.3) is 0 Å². The lowest BCUT2D eigenvalue weighted by Crippen LogP contribution is -2.58. The molecule has 0 radical (unpaired) electrons. The van der Waals surface area contributed by atoms with Gasteiger partial charge in [-0.05, 0) is 30.2 Å². The van der Waals surface area contributed by atoms with Crippen LogP contribution in [-0.4, -0.2) is 64.0 Å². The number of nitrogens with two attached hydrogens (primary N) is 1. The quantitative estimate of drug-likeness (QED) is 0.213. The molecule has 0 aliphatic rings. The third-order valence-corrected chi connectivity index (χ3v) is 5.22. The van der Waals surface area contributed by atoms with Crippen molar-refractivity contribution in [3.05, 3.63) is 35.9 Å². The smallest absolute Gasteiger partial charge is 0.326 e. The van der Waals surface area contributed by atoms with Crippen LogP contribution in [-0.2, 0) is 30.4 Å². The van der Waals surface area contributed by atoms with E-state index in [0.29, 0.717) is 0 Å². The number of aliphatic carboxylic acids is 2. The van der Waals surface area contributed by atoms with Crippen LogP contribution in [0.5, 0.6) is 0 Å². The normalized spacial score (nSPS) is 14.5. The molecule has 4 unspecified atom stereocenters. The molecule has 3 amide bonds. The van der Waals surface area contributed by atoms with Crippen LogP contribution in [0, 0.1) is 11.8 Å². The van der Waals surface area contributed by atoms with Gasteiger partial charge in [-0.25, -0.2) is 4.79 Å². The van der Waals surface area contributed by atoms with Gasteiger partial charge in [0.15, 0.2) is 0 Å². The Morgan fingerprint density at radius 1 is 0.829 bits per heavy atom. The molecule has 0 bridgehead atoms. The Balaban J connectivity index is 2.97. The minimum Gasteiger partial charge on any atom is -0.481 e. The number of carbonyl (C=O) groups excluding carboxylic acids is 3. The first-order valence-electron chi connectivity index (χ1n) is 11.5. The van der Waals surface area contributed by atoms with Crippen LogP contribution in [0.1, 0.15) is 46.1 Å². The van der Waals surface area contributed by atoms with Crippen molar-refractivity contribution in [3.8, 4) is 0 Å². The monoisotopic (exact) mass is 492 g/mol. The molecule has 1 aromatic rings. The lowest BCUT2D eigenvalue weighted by atomic mass is 10.00. The Hall–Kier alpha value is -3.47. The summed E-state index contributed by atoms with van der Waals surface area (Å²) in [4.78, 5) is 61.1. The van der Waals surface area contributed by atoms with E-state index in [2.05, 4.69) is 16.0 Å². The average molecular weight is 493 g/mol. The number of rotatable bonds is 14. The molecule has 0 aliphatic carbocycles. The van der Waals surface area contributed by atoms with Crippen molar-refractivity contribution in [1.82, 2.24) is 16.0 Å².